The zero-order chi connectivity index (χ0) is 33.6. The van der Waals surface area contributed by atoms with Gasteiger partial charge in [0.15, 0.2) is 0 Å². The number of carbonyl (C=O) groups is 1. The summed E-state index contributed by atoms with van der Waals surface area (Å²) in [6.45, 7) is 23.3. The van der Waals surface area contributed by atoms with Crippen LogP contribution in [0.5, 0.6) is 0 Å². The van der Waals surface area contributed by atoms with Crippen molar-refractivity contribution in [1.29, 1.82) is 0 Å². The van der Waals surface area contributed by atoms with E-state index in [2.05, 4.69) is 75.8 Å². The van der Waals surface area contributed by atoms with Crippen molar-refractivity contribution in [3.8, 4) is 0 Å². The number of carboxylic acid groups (broad SMARTS) is 1. The summed E-state index contributed by atoms with van der Waals surface area (Å²) in [4.78, 5) is 11.5. The fourth-order valence-electron chi connectivity index (χ4n) is 12.2. The second kappa shape index (κ2) is 13.6. The summed E-state index contributed by atoms with van der Waals surface area (Å²) in [7, 11) is 0. The van der Waals surface area contributed by atoms with E-state index in [-0.39, 0.29) is 16.4 Å². The first kappa shape index (κ1) is 35.3. The zero-order valence-corrected chi connectivity index (χ0v) is 31.3. The molecule has 4 aliphatic carbocycles. The first-order valence-electron chi connectivity index (χ1n) is 19.1. The number of rotatable bonds is 7. The van der Waals surface area contributed by atoms with E-state index >= 15 is 0 Å². The lowest BCUT2D eigenvalue weighted by Crippen LogP contribution is -2.57. The molecule has 0 radical (unpaired) electrons. The van der Waals surface area contributed by atoms with Gasteiger partial charge >= 0.3 is 5.97 Å². The van der Waals surface area contributed by atoms with Gasteiger partial charge in [0.1, 0.15) is 0 Å². The van der Waals surface area contributed by atoms with E-state index < -0.39 is 5.97 Å². The Morgan fingerprint density at radius 2 is 1.70 bits per heavy atom. The Morgan fingerprint density at radius 1 is 0.957 bits per heavy atom. The van der Waals surface area contributed by atoms with E-state index in [0.717, 1.165) is 13.0 Å². The van der Waals surface area contributed by atoms with Gasteiger partial charge < -0.3 is 10.4 Å². The molecule has 0 bridgehead atoms. The van der Waals surface area contributed by atoms with Gasteiger partial charge in [-0.2, -0.15) is 0 Å². The predicted molar refractivity (Wildman–Crippen MR) is 199 cm³/mol. The molecule has 260 valence electrons. The average Bonchev–Trinajstić information content (AvgIpc) is 3.39. The molecule has 8 unspecified atom stereocenters. The number of fused-ring (bicyclic) bond motifs is 4. The Kier molecular flexibility index (Phi) is 10.2. The Bertz CT molecular complexity index is 1330. The quantitative estimate of drug-likeness (QED) is 0.225. The van der Waals surface area contributed by atoms with E-state index in [1.165, 1.54) is 106 Å². The number of benzene rings is 1. The van der Waals surface area contributed by atoms with Crippen molar-refractivity contribution in [2.45, 2.75) is 124 Å². The van der Waals surface area contributed by atoms with Gasteiger partial charge in [0.25, 0.3) is 0 Å². The third-order valence-corrected chi connectivity index (χ3v) is 16.1. The van der Waals surface area contributed by atoms with Crippen molar-refractivity contribution in [2.24, 2.45) is 45.8 Å². The maximum atomic E-state index is 11.5. The first-order valence-corrected chi connectivity index (χ1v) is 20.1. The molecule has 2 N–H and O–H groups in total. The van der Waals surface area contributed by atoms with E-state index in [9.17, 15) is 9.90 Å². The maximum absolute atomic E-state index is 11.5. The number of carboxylic acids is 1. The third-order valence-electron chi connectivity index (χ3n) is 14.9. The van der Waals surface area contributed by atoms with Crippen LogP contribution in [0.3, 0.4) is 0 Å². The van der Waals surface area contributed by atoms with Crippen molar-refractivity contribution in [1.82, 2.24) is 9.62 Å². The Morgan fingerprint density at radius 3 is 2.38 bits per heavy atom. The fraction of sp³-hybridized carbons (Fsp3) is 0.738. The predicted octanol–water partition coefficient (Wildman–Crippen LogP) is 10.5. The summed E-state index contributed by atoms with van der Waals surface area (Å²) in [6, 6.07) is 7.66. The number of hydrogen-bond acceptors (Lipinski definition) is 4. The van der Waals surface area contributed by atoms with Crippen LogP contribution in [0, 0.1) is 45.8 Å². The second-order valence-electron chi connectivity index (χ2n) is 17.6. The zero-order valence-electron chi connectivity index (χ0n) is 30.5. The largest absolute Gasteiger partial charge is 0.478 e. The SMILES string of the molecule is C=C(C)C1CCC2(NCCN3CCCCS3)CCC(C)C3(C)CCC4C(C)(C)C(c5ccc(C(=O)O)cc5)=CCC4(C)C3CCCC12. The lowest BCUT2D eigenvalue weighted by atomic mass is 9.40. The summed E-state index contributed by atoms with van der Waals surface area (Å²) in [5.74, 6) is 3.80. The molecule has 1 aromatic carbocycles. The minimum atomic E-state index is -0.852. The van der Waals surface area contributed by atoms with Crippen LogP contribution in [0.1, 0.15) is 135 Å². The topological polar surface area (TPSA) is 52.6 Å². The lowest BCUT2D eigenvalue weighted by Gasteiger charge is -2.64. The first-order chi connectivity index (χ1) is 22.3. The molecule has 0 amide bonds. The highest BCUT2D eigenvalue weighted by Crippen LogP contribution is 2.68. The van der Waals surface area contributed by atoms with Crippen molar-refractivity contribution >= 4 is 23.5 Å². The smallest absolute Gasteiger partial charge is 0.335 e. The van der Waals surface area contributed by atoms with Crippen molar-refractivity contribution in [3.63, 3.8) is 0 Å². The molecule has 8 atom stereocenters. The second-order valence-corrected chi connectivity index (χ2v) is 18.8. The van der Waals surface area contributed by atoms with Crippen LogP contribution < -0.4 is 5.32 Å². The fourth-order valence-corrected chi connectivity index (χ4v) is 13.3. The van der Waals surface area contributed by atoms with Crippen molar-refractivity contribution < 1.29 is 9.90 Å². The third kappa shape index (κ3) is 6.45. The molecule has 5 aliphatic rings. The Labute approximate surface area is 291 Å². The molecule has 5 heteroatoms. The van der Waals surface area contributed by atoms with Gasteiger partial charge in [0.05, 0.1) is 5.56 Å². The lowest BCUT2D eigenvalue weighted by molar-refractivity contribution is -0.120. The standard InChI is InChI=1S/C42H64N2O2S/c1-29(2)33-18-24-42(43-25-27-44-26-8-9-28-47-44)23-17-30(3)40(6)22-20-36-39(4,5)34(31-13-15-32(16-14-31)38(45)46)19-21-41(36,7)37(40)12-10-11-35(33)42/h13-16,19,30,33,35-37,43H,1,8-12,17-18,20-28H2,2-7H3,(H,45,46). The summed E-state index contributed by atoms with van der Waals surface area (Å²) in [5.41, 5.74) is 5.30. The van der Waals surface area contributed by atoms with Crippen LogP contribution in [-0.4, -0.2) is 46.3 Å². The van der Waals surface area contributed by atoms with Crippen LogP contribution in [0.15, 0.2) is 42.5 Å². The number of allylic oxidation sites excluding steroid dienone is 3. The molecule has 6 rings (SSSR count). The van der Waals surface area contributed by atoms with E-state index in [4.69, 9.17) is 0 Å². The van der Waals surface area contributed by atoms with Crippen LogP contribution in [-0.2, 0) is 0 Å². The molecule has 4 nitrogen and oxygen atoms in total. The highest BCUT2D eigenvalue weighted by Gasteiger charge is 2.60. The molecule has 0 spiro atoms. The van der Waals surface area contributed by atoms with Gasteiger partial charge in [-0.1, -0.05) is 83.3 Å². The van der Waals surface area contributed by atoms with Crippen LogP contribution >= 0.6 is 11.9 Å². The average molecular weight is 661 g/mol. The van der Waals surface area contributed by atoms with Gasteiger partial charge in [-0.05, 0) is 147 Å². The number of nitrogens with zero attached hydrogens (tertiary/aromatic N) is 1. The van der Waals surface area contributed by atoms with Gasteiger partial charge in [-0.3, -0.25) is 0 Å². The minimum Gasteiger partial charge on any atom is -0.478 e. The minimum absolute atomic E-state index is 0.0415. The molecule has 0 aromatic heterocycles. The molecular weight excluding hydrogens is 597 g/mol. The number of hydrogen-bond donors (Lipinski definition) is 2. The van der Waals surface area contributed by atoms with Gasteiger partial charge in [0, 0.05) is 30.9 Å². The summed E-state index contributed by atoms with van der Waals surface area (Å²) in [6.07, 6.45) is 18.2. The Hall–Kier alpha value is -1.56. The van der Waals surface area contributed by atoms with Crippen LogP contribution in [0.4, 0.5) is 0 Å². The molecular formula is C42H64N2O2S. The summed E-state index contributed by atoms with van der Waals surface area (Å²) < 4.78 is 2.62. The van der Waals surface area contributed by atoms with Crippen LogP contribution in [0.25, 0.3) is 5.57 Å². The van der Waals surface area contributed by atoms with E-state index in [0.29, 0.717) is 40.6 Å². The highest BCUT2D eigenvalue weighted by atomic mass is 32.2. The van der Waals surface area contributed by atoms with E-state index in [1.807, 2.05) is 12.1 Å². The number of nitrogens with one attached hydrogen (secondary N) is 1. The normalized spacial score (nSPS) is 39.2. The van der Waals surface area contributed by atoms with Gasteiger partial charge in [-0.15, -0.1) is 0 Å². The molecule has 4 fully saturated rings. The molecule has 1 heterocycles. The highest BCUT2D eigenvalue weighted by molar-refractivity contribution is 7.97. The van der Waals surface area contributed by atoms with Crippen LogP contribution in [0.2, 0.25) is 0 Å². The van der Waals surface area contributed by atoms with Crippen molar-refractivity contribution in [2.75, 3.05) is 25.4 Å². The van der Waals surface area contributed by atoms with E-state index in [1.54, 1.807) is 12.1 Å². The van der Waals surface area contributed by atoms with Crippen molar-refractivity contribution in [3.05, 3.63) is 53.6 Å². The number of aromatic carboxylic acids is 1. The molecule has 1 aromatic rings. The monoisotopic (exact) mass is 660 g/mol. The van der Waals surface area contributed by atoms with Gasteiger partial charge in [-0.25, -0.2) is 9.10 Å². The molecule has 1 aliphatic heterocycles. The summed E-state index contributed by atoms with van der Waals surface area (Å²) in [5, 5.41) is 13.8. The molecule has 1 saturated heterocycles. The molecule has 47 heavy (non-hydrogen) atoms. The molecule has 3 saturated carbocycles. The van der Waals surface area contributed by atoms with Gasteiger partial charge in [0.2, 0.25) is 0 Å². The maximum Gasteiger partial charge on any atom is 0.335 e. The summed E-state index contributed by atoms with van der Waals surface area (Å²) >= 11 is 2.07. The Balaban J connectivity index is 1.26.